The molecule has 0 spiro atoms. The molecule has 2 aromatic rings. The lowest BCUT2D eigenvalue weighted by atomic mass is 9.82. The molecule has 1 aliphatic carbocycles. The second-order valence-electron chi connectivity index (χ2n) is 12.1. The van der Waals surface area contributed by atoms with Gasteiger partial charge < -0.3 is 14.8 Å². The van der Waals surface area contributed by atoms with Gasteiger partial charge in [-0.15, -0.1) is 11.3 Å². The van der Waals surface area contributed by atoms with Crippen molar-refractivity contribution in [2.24, 2.45) is 11.8 Å². The quantitative estimate of drug-likeness (QED) is 0.480. The molecule has 202 valence electrons. The van der Waals surface area contributed by atoms with Crippen molar-refractivity contribution in [2.75, 3.05) is 26.2 Å². The summed E-state index contributed by atoms with van der Waals surface area (Å²) in [6.07, 6.45) is 11.6. The number of rotatable bonds is 6. The third-order valence-electron chi connectivity index (χ3n) is 9.43. The highest BCUT2D eigenvalue weighted by Gasteiger charge is 2.33. The van der Waals surface area contributed by atoms with Gasteiger partial charge in [-0.2, -0.15) is 0 Å². The van der Waals surface area contributed by atoms with Gasteiger partial charge in [-0.3, -0.25) is 9.59 Å². The van der Waals surface area contributed by atoms with E-state index in [0.29, 0.717) is 30.5 Å². The number of piperidine rings is 1. The van der Waals surface area contributed by atoms with E-state index >= 15 is 0 Å². The summed E-state index contributed by atoms with van der Waals surface area (Å²) in [5.74, 6) is 2.23. The summed E-state index contributed by atoms with van der Waals surface area (Å²) < 4.78 is 0. The lowest BCUT2D eigenvalue weighted by Gasteiger charge is -2.37. The fourth-order valence-electron chi connectivity index (χ4n) is 7.18. The van der Waals surface area contributed by atoms with Crippen LogP contribution in [0.5, 0.6) is 0 Å². The first kappa shape index (κ1) is 26.7. The molecule has 1 amide bonds. The smallest absolute Gasteiger partial charge is 0.255 e. The van der Waals surface area contributed by atoms with Crippen molar-refractivity contribution in [3.63, 3.8) is 0 Å². The number of likely N-dealkylation sites (tertiary alicyclic amines) is 1. The van der Waals surface area contributed by atoms with Crippen LogP contribution >= 0.6 is 11.3 Å². The molecule has 6 heteroatoms. The van der Waals surface area contributed by atoms with Gasteiger partial charge in [0.1, 0.15) is 0 Å². The lowest BCUT2D eigenvalue weighted by molar-refractivity contribution is 0.0747. The number of carbonyl (C=O) groups excluding carboxylic acids is 1. The Morgan fingerprint density at radius 3 is 2.43 bits per heavy atom. The minimum absolute atomic E-state index is 0.0686. The van der Waals surface area contributed by atoms with Crippen LogP contribution in [-0.2, 0) is 13.0 Å². The zero-order valence-corrected chi connectivity index (χ0v) is 24.1. The summed E-state index contributed by atoms with van der Waals surface area (Å²) in [5.41, 5.74) is 4.60. The van der Waals surface area contributed by atoms with Crippen LogP contribution in [0.4, 0.5) is 0 Å². The predicted molar refractivity (Wildman–Crippen MR) is 153 cm³/mol. The van der Waals surface area contributed by atoms with Crippen molar-refractivity contribution in [3.8, 4) is 0 Å². The number of pyridine rings is 1. The molecule has 1 saturated carbocycles. The van der Waals surface area contributed by atoms with Gasteiger partial charge in [-0.25, -0.2) is 0 Å². The molecule has 2 aliphatic heterocycles. The molecule has 0 bridgehead atoms. The van der Waals surface area contributed by atoms with Crippen LogP contribution in [0.15, 0.2) is 10.9 Å². The van der Waals surface area contributed by atoms with Gasteiger partial charge in [0.25, 0.3) is 11.5 Å². The fourth-order valence-corrected chi connectivity index (χ4v) is 8.66. The number of carbonyl (C=O) groups is 1. The molecule has 0 aromatic carbocycles. The first-order chi connectivity index (χ1) is 17.8. The summed E-state index contributed by atoms with van der Waals surface area (Å²) in [7, 11) is 0. The standard InChI is InChI=1S/C31H45N3O2S/c1-20-17-21(2)32-30(35)26(20)19-34-14-8-11-27-28(31(34)36)23(4)29(37-27)22(3)25-12-15-33(16-13-25)18-24-9-6-5-7-10-24/h17,22,24-25H,5-16,18-19H2,1-4H3,(H,32,35)/t22-/m1/s1. The van der Waals surface area contributed by atoms with E-state index in [1.165, 1.54) is 79.9 Å². The summed E-state index contributed by atoms with van der Waals surface area (Å²) in [5, 5.41) is 0. The number of aromatic amines is 1. The number of hydrogen-bond donors (Lipinski definition) is 1. The van der Waals surface area contributed by atoms with Crippen LogP contribution in [0.25, 0.3) is 0 Å². The monoisotopic (exact) mass is 523 g/mol. The van der Waals surface area contributed by atoms with Crippen LogP contribution in [0.1, 0.15) is 107 Å². The molecular weight excluding hydrogens is 478 g/mol. The molecule has 4 heterocycles. The van der Waals surface area contributed by atoms with Gasteiger partial charge in [0.2, 0.25) is 0 Å². The zero-order chi connectivity index (χ0) is 26.1. The molecule has 1 N–H and O–H groups in total. The molecule has 0 unspecified atom stereocenters. The number of amides is 1. The number of fused-ring (bicyclic) bond motifs is 1. The van der Waals surface area contributed by atoms with Gasteiger partial charge in [0.05, 0.1) is 12.1 Å². The SMILES string of the molecule is Cc1cc(C)c(CN2CCCc3sc([C@H](C)C4CCN(CC5CCCCC5)CC4)c(C)c3C2=O)c(=O)[nH]1. The molecule has 5 nitrogen and oxygen atoms in total. The molecule has 3 aliphatic rings. The van der Waals surface area contributed by atoms with Crippen molar-refractivity contribution in [1.29, 1.82) is 0 Å². The predicted octanol–water partition coefficient (Wildman–Crippen LogP) is 6.35. The summed E-state index contributed by atoms with van der Waals surface area (Å²) >= 11 is 1.90. The Kier molecular flexibility index (Phi) is 8.25. The highest BCUT2D eigenvalue weighted by atomic mass is 32.1. The van der Waals surface area contributed by atoms with E-state index in [1.807, 2.05) is 36.2 Å². The van der Waals surface area contributed by atoms with Crippen molar-refractivity contribution in [3.05, 3.63) is 54.1 Å². The molecule has 1 saturated heterocycles. The molecule has 2 fully saturated rings. The number of thiophene rings is 1. The Hall–Kier alpha value is -1.92. The zero-order valence-electron chi connectivity index (χ0n) is 23.3. The second-order valence-corrected chi connectivity index (χ2v) is 13.2. The van der Waals surface area contributed by atoms with Crippen LogP contribution < -0.4 is 5.56 Å². The minimum atomic E-state index is -0.0686. The third kappa shape index (κ3) is 5.75. The van der Waals surface area contributed by atoms with Crippen molar-refractivity contribution in [1.82, 2.24) is 14.8 Å². The van der Waals surface area contributed by atoms with Gasteiger partial charge in [0.15, 0.2) is 0 Å². The number of aromatic nitrogens is 1. The van der Waals surface area contributed by atoms with E-state index in [2.05, 4.69) is 23.7 Å². The largest absolute Gasteiger partial charge is 0.334 e. The highest BCUT2D eigenvalue weighted by molar-refractivity contribution is 7.12. The topological polar surface area (TPSA) is 56.4 Å². The normalized spacial score (nSPS) is 21.2. The summed E-state index contributed by atoms with van der Waals surface area (Å²) in [6, 6.07) is 2.00. The summed E-state index contributed by atoms with van der Waals surface area (Å²) in [4.78, 5) is 36.7. The van der Waals surface area contributed by atoms with Crippen molar-refractivity contribution < 1.29 is 4.79 Å². The number of aryl methyl sites for hydroxylation is 3. The molecule has 1 atom stereocenters. The highest BCUT2D eigenvalue weighted by Crippen LogP contribution is 2.42. The fraction of sp³-hybridized carbons (Fsp3) is 0.677. The maximum atomic E-state index is 13.8. The number of H-pyrrole nitrogens is 1. The number of nitrogens with one attached hydrogen (secondary N) is 1. The molecule has 37 heavy (non-hydrogen) atoms. The Morgan fingerprint density at radius 2 is 1.73 bits per heavy atom. The van der Waals surface area contributed by atoms with Crippen LogP contribution in [0.3, 0.4) is 0 Å². The van der Waals surface area contributed by atoms with Crippen LogP contribution in [0, 0.1) is 32.6 Å². The molecule has 5 rings (SSSR count). The number of hydrogen-bond acceptors (Lipinski definition) is 4. The van der Waals surface area contributed by atoms with E-state index < -0.39 is 0 Å². The maximum Gasteiger partial charge on any atom is 0.255 e. The average Bonchev–Trinajstić information content (AvgIpc) is 3.12. The molecule has 0 radical (unpaired) electrons. The van der Waals surface area contributed by atoms with Crippen molar-refractivity contribution in [2.45, 2.75) is 97.9 Å². The first-order valence-corrected chi connectivity index (χ1v) is 15.5. The Labute approximate surface area is 226 Å². The molecule has 2 aromatic heterocycles. The third-order valence-corrected chi connectivity index (χ3v) is 11.0. The van der Waals surface area contributed by atoms with Gasteiger partial charge in [-0.1, -0.05) is 26.2 Å². The van der Waals surface area contributed by atoms with Crippen LogP contribution in [0.2, 0.25) is 0 Å². The lowest BCUT2D eigenvalue weighted by Crippen LogP contribution is -2.38. The summed E-state index contributed by atoms with van der Waals surface area (Å²) in [6.45, 7) is 13.3. The van der Waals surface area contributed by atoms with Gasteiger partial charge in [0, 0.05) is 34.1 Å². The van der Waals surface area contributed by atoms with Gasteiger partial charge >= 0.3 is 0 Å². The van der Waals surface area contributed by atoms with Crippen molar-refractivity contribution >= 4 is 17.2 Å². The average molecular weight is 524 g/mol. The first-order valence-electron chi connectivity index (χ1n) is 14.6. The Morgan fingerprint density at radius 1 is 1.00 bits per heavy atom. The number of nitrogens with zero attached hydrogens (tertiary/aromatic N) is 2. The maximum absolute atomic E-state index is 13.8. The Bertz CT molecular complexity index is 1170. The van der Waals surface area contributed by atoms with Crippen LogP contribution in [-0.4, -0.2) is 46.9 Å². The van der Waals surface area contributed by atoms with E-state index in [9.17, 15) is 9.59 Å². The molecular formula is C31H45N3O2S. The van der Waals surface area contributed by atoms with E-state index in [1.54, 1.807) is 0 Å². The second kappa shape index (κ2) is 11.4. The minimum Gasteiger partial charge on any atom is -0.334 e. The van der Waals surface area contributed by atoms with E-state index in [0.717, 1.165) is 35.6 Å². The van der Waals surface area contributed by atoms with E-state index in [4.69, 9.17) is 0 Å². The van der Waals surface area contributed by atoms with E-state index in [-0.39, 0.29) is 11.5 Å². The Balaban J connectivity index is 1.27. The van der Waals surface area contributed by atoms with Gasteiger partial charge in [-0.05, 0) is 107 Å².